The van der Waals surface area contributed by atoms with Gasteiger partial charge >= 0.3 is 6.18 Å². The molecule has 5 nitrogen and oxygen atoms in total. The second-order valence-electron chi connectivity index (χ2n) is 3.72. The van der Waals surface area contributed by atoms with Gasteiger partial charge in [-0.3, -0.25) is 0 Å². The normalized spacial score (nSPS) is 13.2. The smallest absolute Gasteiger partial charge is 0.392 e. The molecule has 0 bridgehead atoms. The molecule has 18 heavy (non-hydrogen) atoms. The average molecular weight is 264 g/mol. The molecule has 0 radical (unpaired) electrons. The van der Waals surface area contributed by atoms with Crippen molar-refractivity contribution in [1.82, 2.24) is 9.97 Å². The Hall–Kier alpha value is -1.57. The summed E-state index contributed by atoms with van der Waals surface area (Å²) in [7, 11) is 0. The van der Waals surface area contributed by atoms with Crippen LogP contribution < -0.4 is 10.6 Å². The van der Waals surface area contributed by atoms with Gasteiger partial charge in [0, 0.05) is 19.2 Å². The molecule has 1 unspecified atom stereocenters. The van der Waals surface area contributed by atoms with Crippen LogP contribution in [-0.4, -0.2) is 34.3 Å². The lowest BCUT2D eigenvalue weighted by atomic mass is 10.3. The van der Waals surface area contributed by atoms with Crippen molar-refractivity contribution in [3.05, 3.63) is 11.8 Å². The monoisotopic (exact) mass is 264 g/mol. The molecule has 0 amide bonds. The molecule has 1 atom stereocenters. The Labute approximate surface area is 102 Å². The third-order valence-electron chi connectivity index (χ3n) is 1.93. The van der Waals surface area contributed by atoms with Gasteiger partial charge in [0.05, 0.1) is 6.10 Å². The lowest BCUT2D eigenvalue weighted by Crippen LogP contribution is -2.18. The van der Waals surface area contributed by atoms with E-state index in [9.17, 15) is 13.2 Å². The molecule has 0 aliphatic heterocycles. The van der Waals surface area contributed by atoms with Gasteiger partial charge in [0.2, 0.25) is 5.95 Å². The average Bonchev–Trinajstić information content (AvgIpc) is 2.25. The van der Waals surface area contributed by atoms with E-state index >= 15 is 0 Å². The predicted molar refractivity (Wildman–Crippen MR) is 61.4 cm³/mol. The Kier molecular flexibility index (Phi) is 4.71. The summed E-state index contributed by atoms with van der Waals surface area (Å²) in [5.41, 5.74) is -1.03. The molecule has 0 spiro atoms. The van der Waals surface area contributed by atoms with Gasteiger partial charge in [-0.05, 0) is 13.8 Å². The molecule has 1 heterocycles. The first kappa shape index (κ1) is 14.5. The Morgan fingerprint density at radius 2 is 2.00 bits per heavy atom. The van der Waals surface area contributed by atoms with Crippen molar-refractivity contribution in [1.29, 1.82) is 0 Å². The van der Waals surface area contributed by atoms with E-state index in [0.29, 0.717) is 6.54 Å². The summed E-state index contributed by atoms with van der Waals surface area (Å²) in [6.07, 6.45) is -5.22. The topological polar surface area (TPSA) is 70.1 Å². The number of nitrogens with one attached hydrogen (secondary N) is 2. The van der Waals surface area contributed by atoms with Gasteiger partial charge in [-0.15, -0.1) is 0 Å². The van der Waals surface area contributed by atoms with Gasteiger partial charge < -0.3 is 15.7 Å². The van der Waals surface area contributed by atoms with Gasteiger partial charge in [-0.1, -0.05) is 0 Å². The van der Waals surface area contributed by atoms with Crippen molar-refractivity contribution >= 4 is 11.8 Å². The number of halogens is 3. The minimum Gasteiger partial charge on any atom is -0.392 e. The highest BCUT2D eigenvalue weighted by molar-refractivity contribution is 5.43. The SMILES string of the molecule is CCNc1nc(NCC(C)O)cc(C(F)(F)F)n1. The van der Waals surface area contributed by atoms with Crippen LogP contribution in [-0.2, 0) is 6.18 Å². The zero-order chi connectivity index (χ0) is 13.8. The molecule has 0 aliphatic carbocycles. The third-order valence-corrected chi connectivity index (χ3v) is 1.93. The molecule has 0 fully saturated rings. The largest absolute Gasteiger partial charge is 0.433 e. The molecule has 8 heteroatoms. The van der Waals surface area contributed by atoms with Crippen LogP contribution in [0.15, 0.2) is 6.07 Å². The number of nitrogens with zero attached hydrogens (tertiary/aromatic N) is 2. The van der Waals surface area contributed by atoms with E-state index in [2.05, 4.69) is 20.6 Å². The van der Waals surface area contributed by atoms with E-state index in [-0.39, 0.29) is 18.3 Å². The van der Waals surface area contributed by atoms with Crippen LogP contribution in [0.2, 0.25) is 0 Å². The molecular formula is C10H15F3N4O. The van der Waals surface area contributed by atoms with Crippen LogP contribution in [0, 0.1) is 0 Å². The summed E-state index contributed by atoms with van der Waals surface area (Å²) in [6, 6.07) is 0.809. The molecule has 0 saturated heterocycles. The Morgan fingerprint density at radius 1 is 1.33 bits per heavy atom. The standard InChI is InChI=1S/C10H15F3N4O/c1-3-14-9-16-7(10(11,12)13)4-8(17-9)15-5-6(2)18/h4,6,18H,3,5H2,1-2H3,(H2,14,15,16,17). The van der Waals surface area contributed by atoms with E-state index < -0.39 is 18.0 Å². The van der Waals surface area contributed by atoms with Crippen molar-refractivity contribution in [2.24, 2.45) is 0 Å². The molecule has 3 N–H and O–H groups in total. The van der Waals surface area contributed by atoms with E-state index in [1.807, 2.05) is 0 Å². The number of aliphatic hydroxyl groups excluding tert-OH is 1. The Morgan fingerprint density at radius 3 is 2.50 bits per heavy atom. The Bertz CT molecular complexity index is 395. The van der Waals surface area contributed by atoms with E-state index in [4.69, 9.17) is 5.11 Å². The first-order chi connectivity index (χ1) is 8.32. The van der Waals surface area contributed by atoms with Crippen molar-refractivity contribution < 1.29 is 18.3 Å². The zero-order valence-electron chi connectivity index (χ0n) is 10.0. The summed E-state index contributed by atoms with van der Waals surface area (Å²) in [6.45, 7) is 3.77. The maximum absolute atomic E-state index is 12.6. The zero-order valence-corrected chi connectivity index (χ0v) is 10.0. The fourth-order valence-electron chi connectivity index (χ4n) is 1.17. The van der Waals surface area contributed by atoms with E-state index in [1.165, 1.54) is 6.92 Å². The summed E-state index contributed by atoms with van der Waals surface area (Å²) in [5, 5.41) is 14.3. The van der Waals surface area contributed by atoms with Crippen molar-refractivity contribution in [3.63, 3.8) is 0 Å². The number of alkyl halides is 3. The van der Waals surface area contributed by atoms with Gasteiger partial charge in [0.25, 0.3) is 0 Å². The van der Waals surface area contributed by atoms with Crippen LogP contribution >= 0.6 is 0 Å². The fourth-order valence-corrected chi connectivity index (χ4v) is 1.17. The highest BCUT2D eigenvalue weighted by atomic mass is 19.4. The Balaban J connectivity index is 2.98. The second-order valence-corrected chi connectivity index (χ2v) is 3.72. The lowest BCUT2D eigenvalue weighted by Gasteiger charge is -2.12. The van der Waals surface area contributed by atoms with Crippen molar-refractivity contribution in [2.45, 2.75) is 26.1 Å². The first-order valence-corrected chi connectivity index (χ1v) is 5.45. The van der Waals surface area contributed by atoms with Crippen LogP contribution in [0.5, 0.6) is 0 Å². The van der Waals surface area contributed by atoms with Gasteiger partial charge in [0.1, 0.15) is 5.82 Å². The fraction of sp³-hybridized carbons (Fsp3) is 0.600. The molecule has 1 rings (SSSR count). The highest BCUT2D eigenvalue weighted by Crippen LogP contribution is 2.29. The number of rotatable bonds is 5. The molecule has 0 aliphatic rings. The summed E-state index contributed by atoms with van der Waals surface area (Å²) < 4.78 is 37.8. The van der Waals surface area contributed by atoms with Crippen molar-refractivity contribution in [2.75, 3.05) is 23.7 Å². The van der Waals surface area contributed by atoms with Crippen LogP contribution in [0.3, 0.4) is 0 Å². The molecule has 102 valence electrons. The summed E-state index contributed by atoms with van der Waals surface area (Å²) in [5.74, 6) is -0.0745. The maximum atomic E-state index is 12.6. The minimum atomic E-state index is -4.53. The van der Waals surface area contributed by atoms with Crippen LogP contribution in [0.4, 0.5) is 24.9 Å². The van der Waals surface area contributed by atoms with Crippen LogP contribution in [0.1, 0.15) is 19.5 Å². The number of hydrogen-bond donors (Lipinski definition) is 3. The van der Waals surface area contributed by atoms with Crippen LogP contribution in [0.25, 0.3) is 0 Å². The van der Waals surface area contributed by atoms with Gasteiger partial charge in [-0.2, -0.15) is 18.2 Å². The quantitative estimate of drug-likeness (QED) is 0.755. The number of aliphatic hydroxyl groups is 1. The molecule has 1 aromatic rings. The van der Waals surface area contributed by atoms with E-state index in [0.717, 1.165) is 6.07 Å². The summed E-state index contributed by atoms with van der Waals surface area (Å²) >= 11 is 0. The van der Waals surface area contributed by atoms with Gasteiger partial charge in [-0.25, -0.2) is 4.98 Å². The molecule has 0 saturated carbocycles. The second kappa shape index (κ2) is 5.85. The highest BCUT2D eigenvalue weighted by Gasteiger charge is 2.33. The van der Waals surface area contributed by atoms with Gasteiger partial charge in [0.15, 0.2) is 5.69 Å². The molecular weight excluding hydrogens is 249 g/mol. The first-order valence-electron chi connectivity index (χ1n) is 5.45. The number of hydrogen-bond acceptors (Lipinski definition) is 5. The minimum absolute atomic E-state index is 0.0224. The van der Waals surface area contributed by atoms with E-state index in [1.54, 1.807) is 6.92 Å². The third kappa shape index (κ3) is 4.36. The maximum Gasteiger partial charge on any atom is 0.433 e. The summed E-state index contributed by atoms with van der Waals surface area (Å²) in [4.78, 5) is 7.24. The molecule has 0 aromatic carbocycles. The lowest BCUT2D eigenvalue weighted by molar-refractivity contribution is -0.141. The molecule has 1 aromatic heterocycles. The number of anilines is 2. The number of aromatic nitrogens is 2. The predicted octanol–water partition coefficient (Wildman–Crippen LogP) is 1.72. The van der Waals surface area contributed by atoms with Crippen molar-refractivity contribution in [3.8, 4) is 0 Å².